The highest BCUT2D eigenvalue weighted by Gasteiger charge is 2.06. The van der Waals surface area contributed by atoms with Crippen molar-refractivity contribution in [2.45, 2.75) is 0 Å². The molecule has 11 heavy (non-hydrogen) atoms. The van der Waals surface area contributed by atoms with Crippen LogP contribution in [0.2, 0.25) is 0 Å². The summed E-state index contributed by atoms with van der Waals surface area (Å²) in [4.78, 5) is 14.0. The van der Waals surface area contributed by atoms with Crippen LogP contribution in [0.25, 0.3) is 0 Å². The van der Waals surface area contributed by atoms with Crippen molar-refractivity contribution in [2.75, 3.05) is 7.11 Å². The number of halogens is 1. The van der Waals surface area contributed by atoms with Gasteiger partial charge < -0.3 is 4.74 Å². The van der Waals surface area contributed by atoms with Gasteiger partial charge in [-0.25, -0.2) is 9.78 Å². The van der Waals surface area contributed by atoms with Gasteiger partial charge in [-0.3, -0.25) is 0 Å². The number of pyridine rings is 1. The van der Waals surface area contributed by atoms with E-state index in [2.05, 4.69) is 9.72 Å². The summed E-state index contributed by atoms with van der Waals surface area (Å²) < 4.78 is 16.7. The van der Waals surface area contributed by atoms with Crippen molar-refractivity contribution >= 4 is 5.97 Å². The molecule has 0 bridgehead atoms. The van der Waals surface area contributed by atoms with Gasteiger partial charge in [0.05, 0.1) is 7.11 Å². The zero-order valence-electron chi connectivity index (χ0n) is 5.87. The molecule has 0 N–H and O–H groups in total. The first-order chi connectivity index (χ1) is 5.24. The zero-order valence-corrected chi connectivity index (χ0v) is 5.87. The Hall–Kier alpha value is -1.45. The standard InChI is InChI=1S/C7H6FNO2/c1-11-7(10)5-3-2-4-6(8)9-5/h2-4H,1H3. The van der Waals surface area contributed by atoms with Crippen LogP contribution in [0.15, 0.2) is 18.2 Å². The monoisotopic (exact) mass is 155 g/mol. The van der Waals surface area contributed by atoms with Crippen LogP contribution in [0.5, 0.6) is 0 Å². The van der Waals surface area contributed by atoms with Gasteiger partial charge in [-0.05, 0) is 12.1 Å². The molecule has 4 heteroatoms. The number of nitrogens with zero attached hydrogens (tertiary/aromatic N) is 1. The molecule has 1 rings (SSSR count). The number of carbonyl (C=O) groups is 1. The van der Waals surface area contributed by atoms with E-state index >= 15 is 0 Å². The predicted octanol–water partition coefficient (Wildman–Crippen LogP) is 1.01. The van der Waals surface area contributed by atoms with Crippen molar-refractivity contribution in [1.82, 2.24) is 4.98 Å². The Labute approximate surface area is 62.8 Å². The number of methoxy groups -OCH3 is 1. The summed E-state index contributed by atoms with van der Waals surface area (Å²) in [7, 11) is 1.22. The van der Waals surface area contributed by atoms with E-state index in [1.807, 2.05) is 0 Å². The van der Waals surface area contributed by atoms with Crippen LogP contribution >= 0.6 is 0 Å². The number of esters is 1. The summed E-state index contributed by atoms with van der Waals surface area (Å²) in [5.74, 6) is -1.32. The molecule has 58 valence electrons. The summed E-state index contributed by atoms with van der Waals surface area (Å²) in [6.45, 7) is 0. The fourth-order valence-electron chi connectivity index (χ4n) is 0.627. The molecule has 0 aliphatic carbocycles. The second-order valence-electron chi connectivity index (χ2n) is 1.84. The maximum atomic E-state index is 12.3. The zero-order chi connectivity index (χ0) is 8.27. The third-order valence-electron chi connectivity index (χ3n) is 1.11. The fourth-order valence-corrected chi connectivity index (χ4v) is 0.627. The van der Waals surface area contributed by atoms with E-state index in [4.69, 9.17) is 0 Å². The van der Waals surface area contributed by atoms with Crippen LogP contribution in [0, 0.1) is 5.95 Å². The maximum Gasteiger partial charge on any atom is 0.356 e. The second-order valence-corrected chi connectivity index (χ2v) is 1.84. The topological polar surface area (TPSA) is 39.2 Å². The summed E-state index contributed by atoms with van der Waals surface area (Å²) in [5, 5.41) is 0. The minimum atomic E-state index is -0.687. The van der Waals surface area contributed by atoms with Crippen molar-refractivity contribution in [2.24, 2.45) is 0 Å². The van der Waals surface area contributed by atoms with Crippen molar-refractivity contribution in [3.8, 4) is 0 Å². The molecule has 3 nitrogen and oxygen atoms in total. The lowest BCUT2D eigenvalue weighted by atomic mass is 10.3. The molecule has 0 saturated heterocycles. The second kappa shape index (κ2) is 3.09. The van der Waals surface area contributed by atoms with Crippen molar-refractivity contribution < 1.29 is 13.9 Å². The number of rotatable bonds is 1. The molecule has 0 amide bonds. The van der Waals surface area contributed by atoms with Crippen molar-refractivity contribution in [1.29, 1.82) is 0 Å². The molecule has 0 aromatic carbocycles. The van der Waals surface area contributed by atoms with Gasteiger partial charge in [-0.15, -0.1) is 0 Å². The highest BCUT2D eigenvalue weighted by molar-refractivity contribution is 5.86. The molecular weight excluding hydrogens is 149 g/mol. The number of ether oxygens (including phenoxy) is 1. The highest BCUT2D eigenvalue weighted by atomic mass is 19.1. The molecule has 0 radical (unpaired) electrons. The maximum absolute atomic E-state index is 12.3. The van der Waals surface area contributed by atoms with E-state index in [0.29, 0.717) is 0 Å². The smallest absolute Gasteiger partial charge is 0.356 e. The Morgan fingerprint density at radius 2 is 2.36 bits per heavy atom. The minimum absolute atomic E-state index is 0.0208. The lowest BCUT2D eigenvalue weighted by molar-refractivity contribution is 0.0592. The van der Waals surface area contributed by atoms with E-state index in [1.54, 1.807) is 0 Å². The Morgan fingerprint density at radius 1 is 1.64 bits per heavy atom. The number of aromatic nitrogens is 1. The van der Waals surface area contributed by atoms with Gasteiger partial charge in [0, 0.05) is 0 Å². The largest absolute Gasteiger partial charge is 0.464 e. The third kappa shape index (κ3) is 1.73. The molecule has 1 aromatic rings. The van der Waals surface area contributed by atoms with Gasteiger partial charge in [0.1, 0.15) is 0 Å². The van der Waals surface area contributed by atoms with Crippen LogP contribution in [0.3, 0.4) is 0 Å². The normalized spacial score (nSPS) is 9.27. The molecule has 0 fully saturated rings. The average molecular weight is 155 g/mol. The Bertz CT molecular complexity index is 275. The SMILES string of the molecule is COC(=O)c1cccc(F)n1. The molecule has 1 heterocycles. The molecular formula is C7H6FNO2. The number of hydrogen-bond donors (Lipinski definition) is 0. The average Bonchev–Trinajstić information content (AvgIpc) is 2.03. The Morgan fingerprint density at radius 3 is 2.91 bits per heavy atom. The molecule has 0 atom stereocenters. The fraction of sp³-hybridized carbons (Fsp3) is 0.143. The Kier molecular flexibility index (Phi) is 2.15. The van der Waals surface area contributed by atoms with Crippen LogP contribution in [-0.2, 0) is 4.74 Å². The van der Waals surface area contributed by atoms with Crippen LogP contribution in [0.1, 0.15) is 10.5 Å². The Balaban J connectivity index is 2.96. The number of hydrogen-bond acceptors (Lipinski definition) is 3. The van der Waals surface area contributed by atoms with E-state index in [0.717, 1.165) is 6.07 Å². The van der Waals surface area contributed by atoms with Crippen LogP contribution in [-0.4, -0.2) is 18.1 Å². The quantitative estimate of drug-likeness (QED) is 0.448. The molecule has 0 unspecified atom stereocenters. The van der Waals surface area contributed by atoms with Crippen molar-refractivity contribution in [3.63, 3.8) is 0 Å². The first-order valence-electron chi connectivity index (χ1n) is 2.95. The van der Waals surface area contributed by atoms with Gasteiger partial charge in [-0.2, -0.15) is 4.39 Å². The third-order valence-corrected chi connectivity index (χ3v) is 1.11. The lowest BCUT2D eigenvalue weighted by Crippen LogP contribution is -2.04. The van der Waals surface area contributed by atoms with E-state index in [9.17, 15) is 9.18 Å². The minimum Gasteiger partial charge on any atom is -0.464 e. The van der Waals surface area contributed by atoms with Crippen LogP contribution < -0.4 is 0 Å². The summed E-state index contributed by atoms with van der Waals surface area (Å²) in [6, 6.07) is 3.94. The molecule has 0 aliphatic heterocycles. The lowest BCUT2D eigenvalue weighted by Gasteiger charge is -1.95. The van der Waals surface area contributed by atoms with Crippen LogP contribution in [0.4, 0.5) is 4.39 Å². The van der Waals surface area contributed by atoms with Gasteiger partial charge in [-0.1, -0.05) is 6.07 Å². The summed E-state index contributed by atoms with van der Waals surface area (Å²) in [5.41, 5.74) is -0.0208. The molecule has 0 spiro atoms. The summed E-state index contributed by atoms with van der Waals surface area (Å²) in [6.07, 6.45) is 0. The van der Waals surface area contributed by atoms with Gasteiger partial charge >= 0.3 is 5.97 Å². The van der Waals surface area contributed by atoms with Crippen molar-refractivity contribution in [3.05, 3.63) is 29.8 Å². The molecule has 1 aromatic heterocycles. The number of carbonyl (C=O) groups excluding carboxylic acids is 1. The highest BCUT2D eigenvalue weighted by Crippen LogP contribution is 1.98. The molecule has 0 aliphatic rings. The first-order valence-corrected chi connectivity index (χ1v) is 2.95. The van der Waals surface area contributed by atoms with E-state index in [1.165, 1.54) is 19.2 Å². The van der Waals surface area contributed by atoms with Gasteiger partial charge in [0.25, 0.3) is 0 Å². The van der Waals surface area contributed by atoms with Gasteiger partial charge in [0.15, 0.2) is 5.69 Å². The summed E-state index contributed by atoms with van der Waals surface area (Å²) >= 11 is 0. The van der Waals surface area contributed by atoms with E-state index < -0.39 is 11.9 Å². The van der Waals surface area contributed by atoms with E-state index in [-0.39, 0.29) is 5.69 Å². The predicted molar refractivity (Wildman–Crippen MR) is 35.5 cm³/mol. The van der Waals surface area contributed by atoms with Gasteiger partial charge in [0.2, 0.25) is 5.95 Å². The molecule has 0 saturated carbocycles. The first kappa shape index (κ1) is 7.65.